The van der Waals surface area contributed by atoms with Gasteiger partial charge in [-0.25, -0.2) is 0 Å². The van der Waals surface area contributed by atoms with Crippen molar-refractivity contribution in [3.63, 3.8) is 0 Å². The molecular weight excluding hydrogens is 188 g/mol. The Morgan fingerprint density at radius 2 is 2.13 bits per heavy atom. The number of fused-ring (bicyclic) bond motifs is 1. The molecule has 3 heteroatoms. The van der Waals surface area contributed by atoms with Crippen LogP contribution in [0.15, 0.2) is 28.9 Å². The standard InChI is InChI=1S/C12H14N2O/c1-2-10(9-4-6-13-7-5-9)11-8-14-15-12(11)3-1/h1-3,8-9,13H,4-7H2. The lowest BCUT2D eigenvalue weighted by atomic mass is 9.88. The van der Waals surface area contributed by atoms with Gasteiger partial charge < -0.3 is 9.84 Å². The van der Waals surface area contributed by atoms with Crippen molar-refractivity contribution in [1.29, 1.82) is 0 Å². The number of nitrogens with one attached hydrogen (secondary N) is 1. The Morgan fingerprint density at radius 1 is 1.27 bits per heavy atom. The van der Waals surface area contributed by atoms with Gasteiger partial charge in [0.15, 0.2) is 5.58 Å². The Kier molecular flexibility index (Phi) is 2.18. The summed E-state index contributed by atoms with van der Waals surface area (Å²) >= 11 is 0. The minimum Gasteiger partial charge on any atom is -0.356 e. The quantitative estimate of drug-likeness (QED) is 0.771. The molecule has 3 rings (SSSR count). The maximum absolute atomic E-state index is 5.18. The zero-order chi connectivity index (χ0) is 10.1. The van der Waals surface area contributed by atoms with Gasteiger partial charge in [-0.05, 0) is 43.5 Å². The molecule has 2 heterocycles. The smallest absolute Gasteiger partial charge is 0.167 e. The monoisotopic (exact) mass is 202 g/mol. The lowest BCUT2D eigenvalue weighted by Crippen LogP contribution is -2.26. The minimum absolute atomic E-state index is 0.661. The van der Waals surface area contributed by atoms with Crippen LogP contribution in [0.4, 0.5) is 0 Å². The van der Waals surface area contributed by atoms with Crippen molar-refractivity contribution < 1.29 is 4.52 Å². The molecule has 0 bridgehead atoms. The van der Waals surface area contributed by atoms with Gasteiger partial charge in [-0.3, -0.25) is 0 Å². The normalized spacial score (nSPS) is 18.4. The summed E-state index contributed by atoms with van der Waals surface area (Å²) in [6, 6.07) is 6.24. The number of rotatable bonds is 1. The summed E-state index contributed by atoms with van der Waals surface area (Å²) in [5.74, 6) is 0.661. The van der Waals surface area contributed by atoms with Gasteiger partial charge in [-0.2, -0.15) is 0 Å². The predicted molar refractivity (Wildman–Crippen MR) is 58.9 cm³/mol. The van der Waals surface area contributed by atoms with E-state index in [1.165, 1.54) is 23.8 Å². The maximum Gasteiger partial charge on any atom is 0.167 e. The van der Waals surface area contributed by atoms with Crippen LogP contribution in [0, 0.1) is 0 Å². The Labute approximate surface area is 88.4 Å². The number of nitrogens with zero attached hydrogens (tertiary/aromatic N) is 1. The summed E-state index contributed by atoms with van der Waals surface area (Å²) in [4.78, 5) is 0. The molecule has 1 aliphatic rings. The van der Waals surface area contributed by atoms with Crippen LogP contribution in [0.3, 0.4) is 0 Å². The first-order valence-corrected chi connectivity index (χ1v) is 5.49. The van der Waals surface area contributed by atoms with E-state index in [0.717, 1.165) is 18.7 Å². The van der Waals surface area contributed by atoms with E-state index in [1.54, 1.807) is 0 Å². The van der Waals surface area contributed by atoms with Crippen molar-refractivity contribution in [3.8, 4) is 0 Å². The van der Waals surface area contributed by atoms with Crippen LogP contribution in [0.2, 0.25) is 0 Å². The summed E-state index contributed by atoms with van der Waals surface area (Å²) in [6.07, 6.45) is 4.27. The first-order chi connectivity index (χ1) is 7.45. The third-order valence-corrected chi connectivity index (χ3v) is 3.21. The summed E-state index contributed by atoms with van der Waals surface area (Å²) in [6.45, 7) is 2.23. The summed E-state index contributed by atoms with van der Waals surface area (Å²) in [5.41, 5.74) is 2.31. The van der Waals surface area contributed by atoms with Crippen molar-refractivity contribution in [1.82, 2.24) is 10.5 Å². The van der Waals surface area contributed by atoms with E-state index < -0.39 is 0 Å². The Bertz CT molecular complexity index is 457. The molecule has 78 valence electrons. The molecule has 0 saturated carbocycles. The van der Waals surface area contributed by atoms with E-state index in [0.29, 0.717) is 5.92 Å². The molecule has 0 aliphatic carbocycles. The van der Waals surface area contributed by atoms with Crippen LogP contribution in [-0.4, -0.2) is 18.2 Å². The van der Waals surface area contributed by atoms with E-state index in [1.807, 2.05) is 12.3 Å². The van der Waals surface area contributed by atoms with Gasteiger partial charge >= 0.3 is 0 Å². The Hall–Kier alpha value is -1.35. The second-order valence-electron chi connectivity index (χ2n) is 4.11. The number of aromatic nitrogens is 1. The maximum atomic E-state index is 5.18. The molecule has 1 aliphatic heterocycles. The second-order valence-corrected chi connectivity index (χ2v) is 4.11. The van der Waals surface area contributed by atoms with Crippen molar-refractivity contribution in [2.75, 3.05) is 13.1 Å². The van der Waals surface area contributed by atoms with E-state index in [-0.39, 0.29) is 0 Å². The molecule has 0 atom stereocenters. The molecule has 3 nitrogen and oxygen atoms in total. The van der Waals surface area contributed by atoms with E-state index in [2.05, 4.69) is 22.6 Å². The SMILES string of the molecule is c1cc(C2CCNCC2)c2cnoc2c1. The highest BCUT2D eigenvalue weighted by atomic mass is 16.5. The highest BCUT2D eigenvalue weighted by Crippen LogP contribution is 2.30. The molecule has 0 unspecified atom stereocenters. The number of hydrogen-bond donors (Lipinski definition) is 1. The molecule has 1 aromatic carbocycles. The van der Waals surface area contributed by atoms with Crippen LogP contribution < -0.4 is 5.32 Å². The van der Waals surface area contributed by atoms with Crippen molar-refractivity contribution in [2.24, 2.45) is 0 Å². The van der Waals surface area contributed by atoms with E-state index in [9.17, 15) is 0 Å². The lowest BCUT2D eigenvalue weighted by Gasteiger charge is -2.23. The Balaban J connectivity index is 2.05. The van der Waals surface area contributed by atoms with Gasteiger partial charge in [0, 0.05) is 5.39 Å². The minimum atomic E-state index is 0.661. The number of hydrogen-bond acceptors (Lipinski definition) is 3. The summed E-state index contributed by atoms with van der Waals surface area (Å²) in [5, 5.41) is 8.44. The molecule has 1 N–H and O–H groups in total. The fourth-order valence-electron chi connectivity index (χ4n) is 2.40. The van der Waals surface area contributed by atoms with E-state index in [4.69, 9.17) is 4.52 Å². The van der Waals surface area contributed by atoms with Crippen molar-refractivity contribution >= 4 is 11.0 Å². The highest BCUT2D eigenvalue weighted by molar-refractivity contribution is 5.80. The first-order valence-electron chi connectivity index (χ1n) is 5.49. The highest BCUT2D eigenvalue weighted by Gasteiger charge is 2.18. The zero-order valence-electron chi connectivity index (χ0n) is 8.57. The third-order valence-electron chi connectivity index (χ3n) is 3.21. The summed E-state index contributed by atoms with van der Waals surface area (Å²) in [7, 11) is 0. The van der Waals surface area contributed by atoms with Crippen molar-refractivity contribution in [3.05, 3.63) is 30.0 Å². The molecule has 15 heavy (non-hydrogen) atoms. The van der Waals surface area contributed by atoms with Crippen LogP contribution in [-0.2, 0) is 0 Å². The molecule has 2 aromatic rings. The largest absolute Gasteiger partial charge is 0.356 e. The lowest BCUT2D eigenvalue weighted by molar-refractivity contribution is 0.455. The molecule has 1 saturated heterocycles. The predicted octanol–water partition coefficient (Wildman–Crippen LogP) is 2.29. The van der Waals surface area contributed by atoms with Gasteiger partial charge in [-0.15, -0.1) is 0 Å². The topological polar surface area (TPSA) is 38.1 Å². The average Bonchev–Trinajstić information content (AvgIpc) is 2.78. The molecule has 0 radical (unpaired) electrons. The fourth-order valence-corrected chi connectivity index (χ4v) is 2.40. The molecular formula is C12H14N2O. The molecule has 0 spiro atoms. The number of piperidine rings is 1. The van der Waals surface area contributed by atoms with Crippen LogP contribution in [0.25, 0.3) is 11.0 Å². The Morgan fingerprint density at radius 3 is 3.00 bits per heavy atom. The molecule has 1 aromatic heterocycles. The fraction of sp³-hybridized carbons (Fsp3) is 0.417. The van der Waals surface area contributed by atoms with Gasteiger partial charge in [0.25, 0.3) is 0 Å². The van der Waals surface area contributed by atoms with Gasteiger partial charge in [0.2, 0.25) is 0 Å². The second kappa shape index (κ2) is 3.66. The molecule has 0 amide bonds. The van der Waals surface area contributed by atoms with Gasteiger partial charge in [0.05, 0.1) is 6.20 Å². The summed E-state index contributed by atoms with van der Waals surface area (Å²) < 4.78 is 5.18. The van der Waals surface area contributed by atoms with Gasteiger partial charge in [0.1, 0.15) is 0 Å². The first kappa shape index (κ1) is 8.92. The molecule has 1 fully saturated rings. The average molecular weight is 202 g/mol. The van der Waals surface area contributed by atoms with Crippen LogP contribution in [0.5, 0.6) is 0 Å². The zero-order valence-corrected chi connectivity index (χ0v) is 8.57. The van der Waals surface area contributed by atoms with Crippen LogP contribution >= 0.6 is 0 Å². The van der Waals surface area contributed by atoms with Gasteiger partial charge in [-0.1, -0.05) is 17.3 Å². The third kappa shape index (κ3) is 1.53. The van der Waals surface area contributed by atoms with E-state index >= 15 is 0 Å². The van der Waals surface area contributed by atoms with Crippen LogP contribution in [0.1, 0.15) is 24.3 Å². The number of benzene rings is 1. The van der Waals surface area contributed by atoms with Crippen molar-refractivity contribution in [2.45, 2.75) is 18.8 Å².